The molecule has 0 aliphatic rings. The van der Waals surface area contributed by atoms with Crippen molar-refractivity contribution in [3.8, 4) is 0 Å². The second kappa shape index (κ2) is 6.99. The van der Waals surface area contributed by atoms with E-state index in [0.717, 1.165) is 6.42 Å². The number of carbonyl (C=O) groups is 2. The molecule has 1 aromatic carbocycles. The van der Waals surface area contributed by atoms with Crippen LogP contribution in [0.3, 0.4) is 0 Å². The molecule has 4 N–H and O–H groups in total. The number of benzene rings is 1. The van der Waals surface area contributed by atoms with Crippen molar-refractivity contribution in [1.82, 2.24) is 5.32 Å². The molecular weight excluding hydrogens is 266 g/mol. The Labute approximate surface area is 117 Å². The lowest BCUT2D eigenvalue weighted by atomic mass is 9.98. The third-order valence-corrected chi connectivity index (χ3v) is 3.12. The van der Waals surface area contributed by atoms with Gasteiger partial charge in [-0.3, -0.25) is 4.79 Å². The molecule has 0 saturated heterocycles. The zero-order chi connectivity index (χ0) is 14.4. The van der Waals surface area contributed by atoms with E-state index in [1.807, 2.05) is 13.8 Å². The predicted octanol–water partition coefficient (Wildman–Crippen LogP) is 2.36. The number of primary amides is 1. The monoisotopic (exact) mass is 283 g/mol. The largest absolute Gasteiger partial charge is 0.352 e. The highest BCUT2D eigenvalue weighted by atomic mass is 35.5. The molecule has 5 nitrogen and oxygen atoms in total. The van der Waals surface area contributed by atoms with E-state index in [0.29, 0.717) is 10.7 Å². The van der Waals surface area contributed by atoms with Crippen LogP contribution in [0.25, 0.3) is 0 Å². The van der Waals surface area contributed by atoms with E-state index in [9.17, 15) is 9.59 Å². The summed E-state index contributed by atoms with van der Waals surface area (Å²) >= 11 is 5.84. The Balaban J connectivity index is 2.79. The molecule has 6 heteroatoms. The Hall–Kier alpha value is -1.75. The number of amides is 3. The van der Waals surface area contributed by atoms with Crippen LogP contribution in [0.1, 0.15) is 20.3 Å². The summed E-state index contributed by atoms with van der Waals surface area (Å²) in [6.45, 7) is 3.81. The molecule has 0 aromatic heterocycles. The number of anilines is 1. The Morgan fingerprint density at radius 2 is 2.11 bits per heavy atom. The summed E-state index contributed by atoms with van der Waals surface area (Å²) in [6.07, 6.45) is 0.744. The van der Waals surface area contributed by atoms with Gasteiger partial charge < -0.3 is 16.4 Å². The second-order valence-electron chi connectivity index (χ2n) is 4.37. The van der Waals surface area contributed by atoms with Gasteiger partial charge >= 0.3 is 6.03 Å². The highest BCUT2D eigenvalue weighted by molar-refractivity contribution is 6.30. The number of halogens is 1. The molecule has 3 amide bonds. The van der Waals surface area contributed by atoms with Gasteiger partial charge in [-0.15, -0.1) is 0 Å². The number of hydrogen-bond acceptors (Lipinski definition) is 2. The first-order chi connectivity index (χ1) is 8.93. The van der Waals surface area contributed by atoms with Gasteiger partial charge in [0.15, 0.2) is 0 Å². The normalized spacial score (nSPS) is 13.4. The zero-order valence-electron chi connectivity index (χ0n) is 10.9. The average molecular weight is 284 g/mol. The van der Waals surface area contributed by atoms with Crippen LogP contribution in [0, 0.1) is 5.92 Å². The van der Waals surface area contributed by atoms with Crippen molar-refractivity contribution in [2.45, 2.75) is 26.3 Å². The van der Waals surface area contributed by atoms with Crippen LogP contribution < -0.4 is 16.4 Å². The van der Waals surface area contributed by atoms with Crippen LogP contribution in [0.15, 0.2) is 24.3 Å². The van der Waals surface area contributed by atoms with Crippen LogP contribution in [-0.4, -0.2) is 18.0 Å². The summed E-state index contributed by atoms with van der Waals surface area (Å²) in [6, 6.07) is 5.43. The van der Waals surface area contributed by atoms with E-state index in [1.54, 1.807) is 24.3 Å². The number of hydrogen-bond donors (Lipinski definition) is 3. The summed E-state index contributed by atoms with van der Waals surface area (Å²) in [4.78, 5) is 23.1. The molecule has 2 atom stereocenters. The minimum Gasteiger partial charge on any atom is -0.352 e. The highest BCUT2D eigenvalue weighted by Crippen LogP contribution is 2.16. The smallest absolute Gasteiger partial charge is 0.312 e. The Bertz CT molecular complexity index is 465. The van der Waals surface area contributed by atoms with Crippen molar-refractivity contribution >= 4 is 29.2 Å². The highest BCUT2D eigenvalue weighted by Gasteiger charge is 2.25. The molecule has 0 unspecified atom stereocenters. The fourth-order valence-corrected chi connectivity index (χ4v) is 1.83. The molecule has 104 valence electrons. The summed E-state index contributed by atoms with van der Waals surface area (Å²) in [5.74, 6) is -0.331. The summed E-state index contributed by atoms with van der Waals surface area (Å²) in [5.41, 5.74) is 5.67. The van der Waals surface area contributed by atoms with Gasteiger partial charge in [-0.1, -0.05) is 37.9 Å². The fraction of sp³-hybridized carbons (Fsp3) is 0.385. The van der Waals surface area contributed by atoms with Crippen LogP contribution in [0.2, 0.25) is 5.02 Å². The third-order valence-electron chi connectivity index (χ3n) is 2.89. The molecule has 0 spiro atoms. The van der Waals surface area contributed by atoms with Crippen molar-refractivity contribution in [3.63, 3.8) is 0 Å². The van der Waals surface area contributed by atoms with Crippen molar-refractivity contribution in [2.24, 2.45) is 11.7 Å². The minimum atomic E-state index is -0.716. The maximum Gasteiger partial charge on any atom is 0.312 e. The maximum absolute atomic E-state index is 12.1. The van der Waals surface area contributed by atoms with E-state index < -0.39 is 12.1 Å². The van der Waals surface area contributed by atoms with Crippen LogP contribution >= 0.6 is 11.6 Å². The first-order valence-corrected chi connectivity index (χ1v) is 6.44. The van der Waals surface area contributed by atoms with Crippen molar-refractivity contribution in [3.05, 3.63) is 29.3 Å². The van der Waals surface area contributed by atoms with Gasteiger partial charge in [-0.2, -0.15) is 0 Å². The second-order valence-corrected chi connectivity index (χ2v) is 4.81. The molecule has 19 heavy (non-hydrogen) atoms. The van der Waals surface area contributed by atoms with E-state index in [-0.39, 0.29) is 11.8 Å². The van der Waals surface area contributed by atoms with Crippen LogP contribution in [0.5, 0.6) is 0 Å². The predicted molar refractivity (Wildman–Crippen MR) is 76.0 cm³/mol. The number of rotatable bonds is 5. The van der Waals surface area contributed by atoms with E-state index in [1.165, 1.54) is 0 Å². The van der Waals surface area contributed by atoms with Crippen LogP contribution in [-0.2, 0) is 4.79 Å². The lowest BCUT2D eigenvalue weighted by Gasteiger charge is -2.22. The lowest BCUT2D eigenvalue weighted by Crippen LogP contribution is -2.49. The standard InChI is InChI=1S/C13H18ClN3O2/c1-3-8(2)11(17-13(15)19)12(18)16-10-6-4-5-9(14)7-10/h4-8,11H,3H2,1-2H3,(H,16,18)(H3,15,17,19)/t8-,11-/m1/s1. The molecule has 0 saturated carbocycles. The topological polar surface area (TPSA) is 84.2 Å². The summed E-state index contributed by atoms with van der Waals surface area (Å²) in [5, 5.41) is 5.70. The molecule has 0 aliphatic carbocycles. The molecule has 0 aliphatic heterocycles. The first-order valence-electron chi connectivity index (χ1n) is 6.06. The zero-order valence-corrected chi connectivity index (χ0v) is 11.7. The molecule has 1 rings (SSSR count). The van der Waals surface area contributed by atoms with Gasteiger partial charge in [0.2, 0.25) is 5.91 Å². The number of nitrogens with two attached hydrogens (primary N) is 1. The Morgan fingerprint density at radius 3 is 2.63 bits per heavy atom. The molecule has 1 aromatic rings. The van der Waals surface area contributed by atoms with Gasteiger partial charge in [0, 0.05) is 10.7 Å². The van der Waals surface area contributed by atoms with E-state index in [4.69, 9.17) is 17.3 Å². The minimum absolute atomic E-state index is 0.0216. The fourth-order valence-electron chi connectivity index (χ4n) is 1.64. The number of nitrogens with one attached hydrogen (secondary N) is 2. The van der Waals surface area contributed by atoms with Gasteiger partial charge in [0.25, 0.3) is 0 Å². The van der Waals surface area contributed by atoms with Crippen molar-refractivity contribution < 1.29 is 9.59 Å². The van der Waals surface area contributed by atoms with Crippen molar-refractivity contribution in [1.29, 1.82) is 0 Å². The molecule has 0 fully saturated rings. The average Bonchev–Trinajstić information content (AvgIpc) is 2.34. The Morgan fingerprint density at radius 1 is 1.42 bits per heavy atom. The van der Waals surface area contributed by atoms with Crippen molar-refractivity contribution in [2.75, 3.05) is 5.32 Å². The molecule has 0 heterocycles. The van der Waals surface area contributed by atoms with E-state index in [2.05, 4.69) is 10.6 Å². The first kappa shape index (κ1) is 15.3. The summed E-state index contributed by atoms with van der Waals surface area (Å²) in [7, 11) is 0. The van der Waals surface area contributed by atoms with Gasteiger partial charge in [-0.25, -0.2) is 4.79 Å². The lowest BCUT2D eigenvalue weighted by molar-refractivity contribution is -0.119. The quantitative estimate of drug-likeness (QED) is 0.775. The molecule has 0 radical (unpaired) electrons. The van der Waals surface area contributed by atoms with E-state index >= 15 is 0 Å². The number of carbonyl (C=O) groups excluding carboxylic acids is 2. The summed E-state index contributed by atoms with van der Waals surface area (Å²) < 4.78 is 0. The Kier molecular flexibility index (Phi) is 5.63. The van der Waals surface area contributed by atoms with Gasteiger partial charge in [-0.05, 0) is 24.1 Å². The molecular formula is C13H18ClN3O2. The SMILES string of the molecule is CC[C@@H](C)[C@@H](NC(N)=O)C(=O)Nc1cccc(Cl)c1. The van der Waals surface area contributed by atoms with Gasteiger partial charge in [0.05, 0.1) is 0 Å². The van der Waals surface area contributed by atoms with Gasteiger partial charge in [0.1, 0.15) is 6.04 Å². The third kappa shape index (κ3) is 4.79. The maximum atomic E-state index is 12.1. The van der Waals surface area contributed by atoms with Crippen LogP contribution in [0.4, 0.5) is 10.5 Å². The molecule has 0 bridgehead atoms. The number of urea groups is 1.